The van der Waals surface area contributed by atoms with Gasteiger partial charge in [-0.25, -0.2) is 4.39 Å². The van der Waals surface area contributed by atoms with Gasteiger partial charge in [0, 0.05) is 11.8 Å². The van der Waals surface area contributed by atoms with Crippen LogP contribution < -0.4 is 15.8 Å². The van der Waals surface area contributed by atoms with Crippen LogP contribution in [0.3, 0.4) is 0 Å². The molecule has 0 fully saturated rings. The van der Waals surface area contributed by atoms with E-state index in [0.29, 0.717) is 18.0 Å². The minimum Gasteiger partial charge on any atom is -0.492 e. The lowest BCUT2D eigenvalue weighted by molar-refractivity contribution is 0.0947. The fourth-order valence-electron chi connectivity index (χ4n) is 1.71. The van der Waals surface area contributed by atoms with Crippen LogP contribution in [0.4, 0.5) is 10.1 Å². The van der Waals surface area contributed by atoms with E-state index >= 15 is 0 Å². The van der Waals surface area contributed by atoms with Crippen LogP contribution in [0.5, 0.6) is 5.75 Å². The first-order chi connectivity index (χ1) is 10.1. The van der Waals surface area contributed by atoms with E-state index in [-0.39, 0.29) is 23.1 Å². The molecule has 2 rings (SSSR count). The third-order valence-electron chi connectivity index (χ3n) is 2.69. The molecule has 0 spiro atoms. The molecule has 0 aliphatic carbocycles. The highest BCUT2D eigenvalue weighted by Gasteiger charge is 2.10. The van der Waals surface area contributed by atoms with Crippen molar-refractivity contribution in [3.8, 4) is 5.75 Å². The molecule has 0 saturated carbocycles. The second-order valence-corrected chi connectivity index (χ2v) is 4.71. The van der Waals surface area contributed by atoms with Gasteiger partial charge in [-0.15, -0.1) is 0 Å². The van der Waals surface area contributed by atoms with E-state index in [2.05, 4.69) is 5.32 Å². The fraction of sp³-hybridized carbons (Fsp3) is 0.133. The lowest BCUT2D eigenvalue weighted by Gasteiger charge is -2.09. The summed E-state index contributed by atoms with van der Waals surface area (Å²) in [5.41, 5.74) is 6.45. The first kappa shape index (κ1) is 15.1. The van der Waals surface area contributed by atoms with E-state index in [0.717, 1.165) is 6.07 Å². The predicted octanol–water partition coefficient (Wildman–Crippen LogP) is 2.87. The van der Waals surface area contributed by atoms with Gasteiger partial charge in [-0.05, 0) is 30.3 Å². The number of nitrogens with two attached hydrogens (primary N) is 1. The smallest absolute Gasteiger partial charge is 0.252 e. The molecule has 0 radical (unpaired) electrons. The Balaban J connectivity index is 1.82. The molecule has 2 aromatic rings. The summed E-state index contributed by atoms with van der Waals surface area (Å²) in [4.78, 5) is 11.8. The van der Waals surface area contributed by atoms with Crippen LogP contribution in [0.25, 0.3) is 0 Å². The number of hydrogen-bond donors (Lipinski definition) is 2. The van der Waals surface area contributed by atoms with Gasteiger partial charge in [-0.3, -0.25) is 4.79 Å². The number of halogens is 2. The zero-order valence-corrected chi connectivity index (χ0v) is 11.9. The number of nitrogens with one attached hydrogen (secondary N) is 1. The Labute approximate surface area is 126 Å². The van der Waals surface area contributed by atoms with Gasteiger partial charge < -0.3 is 15.8 Å². The second kappa shape index (κ2) is 6.95. The molecule has 21 heavy (non-hydrogen) atoms. The van der Waals surface area contributed by atoms with Crippen molar-refractivity contribution in [1.29, 1.82) is 0 Å². The number of benzene rings is 2. The highest BCUT2D eigenvalue weighted by Crippen LogP contribution is 2.17. The molecule has 0 aliphatic heterocycles. The van der Waals surface area contributed by atoms with Crippen molar-refractivity contribution in [3.05, 3.63) is 58.9 Å². The molecule has 0 heterocycles. The largest absolute Gasteiger partial charge is 0.492 e. The summed E-state index contributed by atoms with van der Waals surface area (Å²) in [5.74, 6) is -0.234. The maximum atomic E-state index is 12.9. The van der Waals surface area contributed by atoms with E-state index in [1.54, 1.807) is 24.3 Å². The summed E-state index contributed by atoms with van der Waals surface area (Å²) >= 11 is 5.80. The Bertz CT molecular complexity index is 649. The Hall–Kier alpha value is -2.27. The Morgan fingerprint density at radius 2 is 2.10 bits per heavy atom. The van der Waals surface area contributed by atoms with Gasteiger partial charge in [-0.2, -0.15) is 0 Å². The lowest BCUT2D eigenvalue weighted by Crippen LogP contribution is -2.28. The monoisotopic (exact) mass is 308 g/mol. The number of anilines is 1. The van der Waals surface area contributed by atoms with Crippen LogP contribution in [0, 0.1) is 5.82 Å². The van der Waals surface area contributed by atoms with Gasteiger partial charge in [0.1, 0.15) is 18.2 Å². The first-order valence-electron chi connectivity index (χ1n) is 6.28. The predicted molar refractivity (Wildman–Crippen MR) is 80.1 cm³/mol. The molecular weight excluding hydrogens is 295 g/mol. The molecule has 0 saturated heterocycles. The normalized spacial score (nSPS) is 10.2. The first-order valence-corrected chi connectivity index (χ1v) is 6.65. The van der Waals surface area contributed by atoms with Crippen molar-refractivity contribution < 1.29 is 13.9 Å². The standard InChI is InChI=1S/C15H14ClFN2O2/c16-14-8-10(17)4-5-13(14)15(20)19-6-7-21-12-3-1-2-11(18)9-12/h1-5,8-9H,6-7,18H2,(H,19,20). The number of nitrogen functional groups attached to an aromatic ring is 1. The number of carbonyl (C=O) groups is 1. The van der Waals surface area contributed by atoms with Gasteiger partial charge in [0.25, 0.3) is 5.91 Å². The Morgan fingerprint density at radius 3 is 2.81 bits per heavy atom. The topological polar surface area (TPSA) is 64.3 Å². The van der Waals surface area contributed by atoms with Crippen molar-refractivity contribution in [2.24, 2.45) is 0 Å². The average Bonchev–Trinajstić information content (AvgIpc) is 2.43. The van der Waals surface area contributed by atoms with E-state index in [1.165, 1.54) is 12.1 Å². The van der Waals surface area contributed by atoms with E-state index < -0.39 is 5.82 Å². The molecule has 0 atom stereocenters. The van der Waals surface area contributed by atoms with Crippen LogP contribution in [0.1, 0.15) is 10.4 Å². The molecular formula is C15H14ClFN2O2. The number of rotatable bonds is 5. The van der Waals surface area contributed by atoms with Gasteiger partial charge in [0.15, 0.2) is 0 Å². The number of hydrogen-bond acceptors (Lipinski definition) is 3. The molecule has 3 N–H and O–H groups in total. The molecule has 1 amide bonds. The van der Waals surface area contributed by atoms with Gasteiger partial charge in [0.05, 0.1) is 17.1 Å². The second-order valence-electron chi connectivity index (χ2n) is 4.30. The maximum Gasteiger partial charge on any atom is 0.252 e. The lowest BCUT2D eigenvalue weighted by atomic mass is 10.2. The summed E-state index contributed by atoms with van der Waals surface area (Å²) in [5, 5.41) is 2.72. The maximum absolute atomic E-state index is 12.9. The third kappa shape index (κ3) is 4.36. The Morgan fingerprint density at radius 1 is 1.29 bits per heavy atom. The summed E-state index contributed by atoms with van der Waals surface area (Å²) in [7, 11) is 0. The minimum atomic E-state index is -0.485. The molecule has 110 valence electrons. The molecule has 0 bridgehead atoms. The summed E-state index contributed by atoms with van der Waals surface area (Å²) in [6.07, 6.45) is 0. The van der Waals surface area contributed by atoms with E-state index in [4.69, 9.17) is 22.1 Å². The van der Waals surface area contributed by atoms with E-state index in [1.807, 2.05) is 0 Å². The zero-order valence-electron chi connectivity index (χ0n) is 11.1. The third-order valence-corrected chi connectivity index (χ3v) is 3.00. The summed E-state index contributed by atoms with van der Waals surface area (Å²) < 4.78 is 18.3. The van der Waals surface area contributed by atoms with Gasteiger partial charge in [-0.1, -0.05) is 17.7 Å². The molecule has 2 aromatic carbocycles. The van der Waals surface area contributed by atoms with Crippen molar-refractivity contribution >= 4 is 23.2 Å². The molecule has 0 aliphatic rings. The van der Waals surface area contributed by atoms with Crippen molar-refractivity contribution in [3.63, 3.8) is 0 Å². The van der Waals surface area contributed by atoms with Crippen LogP contribution in [0.15, 0.2) is 42.5 Å². The minimum absolute atomic E-state index is 0.0734. The van der Waals surface area contributed by atoms with E-state index in [9.17, 15) is 9.18 Å². The van der Waals surface area contributed by atoms with Crippen LogP contribution in [0.2, 0.25) is 5.02 Å². The van der Waals surface area contributed by atoms with Crippen molar-refractivity contribution in [2.75, 3.05) is 18.9 Å². The highest BCUT2D eigenvalue weighted by atomic mass is 35.5. The van der Waals surface area contributed by atoms with Crippen LogP contribution >= 0.6 is 11.6 Å². The highest BCUT2D eigenvalue weighted by molar-refractivity contribution is 6.33. The number of ether oxygens (including phenoxy) is 1. The fourth-order valence-corrected chi connectivity index (χ4v) is 1.96. The number of amides is 1. The molecule has 4 nitrogen and oxygen atoms in total. The molecule has 0 unspecified atom stereocenters. The SMILES string of the molecule is Nc1cccc(OCCNC(=O)c2ccc(F)cc2Cl)c1. The van der Waals surface area contributed by atoms with Crippen LogP contribution in [-0.4, -0.2) is 19.1 Å². The summed E-state index contributed by atoms with van der Waals surface area (Å²) in [6.45, 7) is 0.579. The number of carbonyl (C=O) groups excluding carboxylic acids is 1. The average molecular weight is 309 g/mol. The zero-order chi connectivity index (χ0) is 15.2. The van der Waals surface area contributed by atoms with Crippen LogP contribution in [-0.2, 0) is 0 Å². The summed E-state index contributed by atoms with van der Waals surface area (Å²) in [6, 6.07) is 10.6. The quantitative estimate of drug-likeness (QED) is 0.659. The van der Waals surface area contributed by atoms with Crippen molar-refractivity contribution in [2.45, 2.75) is 0 Å². The van der Waals surface area contributed by atoms with Crippen molar-refractivity contribution in [1.82, 2.24) is 5.32 Å². The Kier molecular flexibility index (Phi) is 5.00. The molecule has 6 heteroatoms. The molecule has 0 aromatic heterocycles. The van der Waals surface area contributed by atoms with Gasteiger partial charge in [0.2, 0.25) is 0 Å². The van der Waals surface area contributed by atoms with Gasteiger partial charge >= 0.3 is 0 Å².